The number of nitrogens with zero attached hydrogens (tertiary/aromatic N) is 1. The number of ether oxygens (including phenoxy) is 1. The Balaban J connectivity index is 2.10. The molecular formula is C17H17ClN2O4. The first-order valence-electron chi connectivity index (χ1n) is 7.22. The number of carbonyl (C=O) groups excluding carboxylic acids is 1. The van der Waals surface area contributed by atoms with Crippen molar-refractivity contribution in [3.63, 3.8) is 0 Å². The second-order valence-corrected chi connectivity index (χ2v) is 5.89. The lowest BCUT2D eigenvalue weighted by Gasteiger charge is -2.11. The Morgan fingerprint density at radius 2 is 1.83 bits per heavy atom. The van der Waals surface area contributed by atoms with Gasteiger partial charge in [-0.3, -0.25) is 14.9 Å². The third-order valence-electron chi connectivity index (χ3n) is 3.58. The number of nitro groups is 1. The number of anilines is 1. The van der Waals surface area contributed by atoms with Crippen LogP contribution in [0.25, 0.3) is 0 Å². The Bertz CT molecular complexity index is 805. The van der Waals surface area contributed by atoms with Crippen molar-refractivity contribution >= 4 is 28.9 Å². The van der Waals surface area contributed by atoms with Crippen molar-refractivity contribution in [3.05, 3.63) is 62.2 Å². The fourth-order valence-electron chi connectivity index (χ4n) is 2.16. The average molecular weight is 349 g/mol. The van der Waals surface area contributed by atoms with Crippen LogP contribution >= 0.6 is 11.6 Å². The number of aryl methyl sites for hydroxylation is 3. The fourth-order valence-corrected chi connectivity index (χ4v) is 2.38. The van der Waals surface area contributed by atoms with Gasteiger partial charge in [0.25, 0.3) is 11.6 Å². The Morgan fingerprint density at radius 3 is 2.46 bits per heavy atom. The van der Waals surface area contributed by atoms with Crippen LogP contribution in [-0.2, 0) is 4.79 Å². The Hall–Kier alpha value is -2.60. The van der Waals surface area contributed by atoms with Crippen LogP contribution in [0.3, 0.4) is 0 Å². The van der Waals surface area contributed by atoms with E-state index in [0.29, 0.717) is 10.8 Å². The van der Waals surface area contributed by atoms with E-state index >= 15 is 0 Å². The van der Waals surface area contributed by atoms with E-state index in [2.05, 4.69) is 5.32 Å². The van der Waals surface area contributed by atoms with Crippen LogP contribution in [0.4, 0.5) is 11.4 Å². The SMILES string of the molecule is Cc1cc(NC(=O)COc2ccc(Cl)cc2C)c([N+](=O)[O-])cc1C. The molecule has 24 heavy (non-hydrogen) atoms. The standard InChI is InChI=1S/C17H17ClN2O4/c1-10-7-14(15(20(22)23)8-11(10)2)19-17(21)9-24-16-5-4-13(18)6-12(16)3/h4-8H,9H2,1-3H3,(H,19,21). The normalized spacial score (nSPS) is 10.3. The summed E-state index contributed by atoms with van der Waals surface area (Å²) in [5.41, 5.74) is 2.45. The third kappa shape index (κ3) is 4.23. The summed E-state index contributed by atoms with van der Waals surface area (Å²) in [6.07, 6.45) is 0. The summed E-state index contributed by atoms with van der Waals surface area (Å²) in [5, 5.41) is 14.2. The molecule has 1 N–H and O–H groups in total. The van der Waals surface area contributed by atoms with Crippen LogP contribution < -0.4 is 10.1 Å². The van der Waals surface area contributed by atoms with E-state index in [9.17, 15) is 14.9 Å². The van der Waals surface area contributed by atoms with Gasteiger partial charge in [0, 0.05) is 11.1 Å². The molecule has 6 nitrogen and oxygen atoms in total. The topological polar surface area (TPSA) is 81.5 Å². The quantitative estimate of drug-likeness (QED) is 0.648. The van der Waals surface area contributed by atoms with Crippen LogP contribution in [0, 0.1) is 30.9 Å². The molecule has 0 bridgehead atoms. The molecule has 0 aromatic heterocycles. The van der Waals surface area contributed by atoms with Gasteiger partial charge in [-0.1, -0.05) is 11.6 Å². The van der Waals surface area contributed by atoms with Crippen LogP contribution in [0.2, 0.25) is 5.02 Å². The number of hydrogen-bond donors (Lipinski definition) is 1. The summed E-state index contributed by atoms with van der Waals surface area (Å²) in [6.45, 7) is 5.16. The highest BCUT2D eigenvalue weighted by Crippen LogP contribution is 2.28. The molecule has 126 valence electrons. The van der Waals surface area contributed by atoms with Gasteiger partial charge in [0.05, 0.1) is 4.92 Å². The minimum absolute atomic E-state index is 0.144. The summed E-state index contributed by atoms with van der Waals surface area (Å²) < 4.78 is 5.44. The second kappa shape index (κ2) is 7.31. The van der Waals surface area contributed by atoms with Crippen molar-refractivity contribution in [1.29, 1.82) is 0 Å². The molecule has 0 saturated heterocycles. The van der Waals surface area contributed by atoms with E-state index in [4.69, 9.17) is 16.3 Å². The molecule has 0 unspecified atom stereocenters. The smallest absolute Gasteiger partial charge is 0.293 e. The Morgan fingerprint density at radius 1 is 1.17 bits per heavy atom. The Labute approximate surface area is 144 Å². The number of benzene rings is 2. The van der Waals surface area contributed by atoms with E-state index in [0.717, 1.165) is 16.7 Å². The summed E-state index contributed by atoms with van der Waals surface area (Å²) in [7, 11) is 0. The van der Waals surface area contributed by atoms with Gasteiger partial charge in [0.1, 0.15) is 11.4 Å². The third-order valence-corrected chi connectivity index (χ3v) is 3.81. The lowest BCUT2D eigenvalue weighted by Crippen LogP contribution is -2.21. The molecule has 0 aliphatic heterocycles. The maximum atomic E-state index is 12.1. The van der Waals surface area contributed by atoms with Crippen LogP contribution in [0.15, 0.2) is 30.3 Å². The molecule has 0 heterocycles. The number of carbonyl (C=O) groups is 1. The van der Waals surface area contributed by atoms with E-state index in [1.807, 2.05) is 13.8 Å². The number of nitrogens with one attached hydrogen (secondary N) is 1. The lowest BCUT2D eigenvalue weighted by molar-refractivity contribution is -0.384. The van der Waals surface area contributed by atoms with E-state index in [1.165, 1.54) is 6.07 Å². The van der Waals surface area contributed by atoms with Gasteiger partial charge in [-0.25, -0.2) is 0 Å². The first-order chi connectivity index (χ1) is 11.3. The number of halogens is 1. The molecule has 0 aliphatic carbocycles. The minimum Gasteiger partial charge on any atom is -0.483 e. The number of hydrogen-bond acceptors (Lipinski definition) is 4. The van der Waals surface area contributed by atoms with Crippen molar-refractivity contribution in [2.24, 2.45) is 0 Å². The fraction of sp³-hybridized carbons (Fsp3) is 0.235. The highest BCUT2D eigenvalue weighted by atomic mass is 35.5. The van der Waals surface area contributed by atoms with Crippen molar-refractivity contribution in [1.82, 2.24) is 0 Å². The zero-order valence-corrected chi connectivity index (χ0v) is 14.3. The molecular weight excluding hydrogens is 332 g/mol. The van der Waals surface area contributed by atoms with Gasteiger partial charge >= 0.3 is 0 Å². The molecule has 0 fully saturated rings. The molecule has 2 aromatic carbocycles. The first kappa shape index (κ1) is 17.7. The molecule has 2 rings (SSSR count). The molecule has 2 aromatic rings. The average Bonchev–Trinajstić information content (AvgIpc) is 2.49. The summed E-state index contributed by atoms with van der Waals surface area (Å²) in [5.74, 6) is 0.0554. The lowest BCUT2D eigenvalue weighted by atomic mass is 10.1. The van der Waals surface area contributed by atoms with Gasteiger partial charge in [0.15, 0.2) is 6.61 Å². The maximum Gasteiger partial charge on any atom is 0.293 e. The number of amides is 1. The van der Waals surface area contributed by atoms with Gasteiger partial charge in [0.2, 0.25) is 0 Å². The number of rotatable bonds is 5. The zero-order chi connectivity index (χ0) is 17.9. The van der Waals surface area contributed by atoms with Crippen molar-refractivity contribution < 1.29 is 14.5 Å². The van der Waals surface area contributed by atoms with Gasteiger partial charge in [-0.2, -0.15) is 0 Å². The molecule has 1 amide bonds. The highest BCUT2D eigenvalue weighted by molar-refractivity contribution is 6.30. The van der Waals surface area contributed by atoms with E-state index in [-0.39, 0.29) is 18.0 Å². The first-order valence-corrected chi connectivity index (χ1v) is 7.60. The summed E-state index contributed by atoms with van der Waals surface area (Å²) >= 11 is 5.86. The highest BCUT2D eigenvalue weighted by Gasteiger charge is 2.18. The van der Waals surface area contributed by atoms with Gasteiger partial charge < -0.3 is 10.1 Å². The maximum absolute atomic E-state index is 12.1. The van der Waals surface area contributed by atoms with Crippen LogP contribution in [-0.4, -0.2) is 17.4 Å². The number of nitro benzene ring substituents is 1. The molecule has 0 atom stereocenters. The van der Waals surface area contributed by atoms with Gasteiger partial charge in [-0.05, 0) is 61.7 Å². The molecule has 7 heteroatoms. The molecule has 0 spiro atoms. The predicted octanol–water partition coefficient (Wildman–Crippen LogP) is 4.19. The molecule has 0 radical (unpaired) electrons. The van der Waals surface area contributed by atoms with Crippen LogP contribution in [0.1, 0.15) is 16.7 Å². The molecule has 0 saturated carbocycles. The zero-order valence-electron chi connectivity index (χ0n) is 13.6. The summed E-state index contributed by atoms with van der Waals surface area (Å²) in [6, 6.07) is 8.08. The Kier molecular flexibility index (Phi) is 5.41. The van der Waals surface area contributed by atoms with Crippen molar-refractivity contribution in [2.75, 3.05) is 11.9 Å². The second-order valence-electron chi connectivity index (χ2n) is 5.46. The van der Waals surface area contributed by atoms with Gasteiger partial charge in [-0.15, -0.1) is 0 Å². The minimum atomic E-state index is -0.522. The van der Waals surface area contributed by atoms with Crippen molar-refractivity contribution in [2.45, 2.75) is 20.8 Å². The van der Waals surface area contributed by atoms with Crippen LogP contribution in [0.5, 0.6) is 5.75 Å². The summed E-state index contributed by atoms with van der Waals surface area (Å²) in [4.78, 5) is 22.7. The van der Waals surface area contributed by atoms with Crippen molar-refractivity contribution in [3.8, 4) is 5.75 Å². The van der Waals surface area contributed by atoms with E-state index < -0.39 is 10.8 Å². The molecule has 0 aliphatic rings. The predicted molar refractivity (Wildman–Crippen MR) is 92.9 cm³/mol. The van der Waals surface area contributed by atoms with E-state index in [1.54, 1.807) is 31.2 Å². The largest absolute Gasteiger partial charge is 0.483 e. The monoisotopic (exact) mass is 348 g/mol.